The molecule has 174 valence electrons. The minimum Gasteiger partial charge on any atom is -0.491 e. The molecular weight excluding hydrogens is 448 g/mol. The van der Waals surface area contributed by atoms with Crippen LogP contribution < -0.4 is 25.1 Å². The molecule has 11 nitrogen and oxygen atoms in total. The molecule has 0 radical (unpaired) electrons. The van der Waals surface area contributed by atoms with E-state index < -0.39 is 15.9 Å². The minimum atomic E-state index is -3.24. The zero-order valence-corrected chi connectivity index (χ0v) is 19.1. The first kappa shape index (κ1) is 22.7. The molecule has 12 heteroatoms. The van der Waals surface area contributed by atoms with Gasteiger partial charge in [0.15, 0.2) is 11.5 Å². The van der Waals surface area contributed by atoms with Gasteiger partial charge in [0, 0.05) is 37.4 Å². The Morgan fingerprint density at radius 3 is 2.91 bits per heavy atom. The smallest absolute Gasteiger partial charge is 0.281 e. The number of nitrogens with one attached hydrogen (secondary N) is 2. The lowest BCUT2D eigenvalue weighted by molar-refractivity contribution is 0.0996. The van der Waals surface area contributed by atoms with Crippen molar-refractivity contribution >= 4 is 32.7 Å². The normalized spacial score (nSPS) is 13.6. The molecule has 1 aromatic carbocycles. The average Bonchev–Trinajstić information content (AvgIpc) is 3.29. The standard InChI is InChI=1S/C21H24N6O5S/c1-31-18-16(32-12-4-9-24-33(2,29)30)7-6-15-17(18)25-21(27-11-10-23-19(15)27)26-20(28)14-5-3-8-22-13-14/h3,5-8,13,23-24H,4,9-12H2,1-2H3. The number of hydrogen-bond donors (Lipinski definition) is 2. The molecule has 1 aliphatic rings. The molecule has 0 unspecified atom stereocenters. The first-order chi connectivity index (χ1) is 15.9. The largest absolute Gasteiger partial charge is 0.491 e. The number of methoxy groups -OCH3 is 1. The summed E-state index contributed by atoms with van der Waals surface area (Å²) < 4.78 is 38.1. The molecule has 1 amide bonds. The summed E-state index contributed by atoms with van der Waals surface area (Å²) in [6.07, 6.45) is 4.63. The maximum Gasteiger partial charge on any atom is 0.281 e. The number of nitrogens with zero attached hydrogens (tertiary/aromatic N) is 4. The van der Waals surface area contributed by atoms with E-state index in [1.54, 1.807) is 24.4 Å². The quantitative estimate of drug-likeness (QED) is 0.462. The lowest BCUT2D eigenvalue weighted by Gasteiger charge is -2.15. The summed E-state index contributed by atoms with van der Waals surface area (Å²) in [5.74, 6) is 1.22. The summed E-state index contributed by atoms with van der Waals surface area (Å²) in [6, 6.07) is 6.97. The Bertz CT molecular complexity index is 1360. The van der Waals surface area contributed by atoms with Crippen molar-refractivity contribution < 1.29 is 22.7 Å². The first-order valence-electron chi connectivity index (χ1n) is 10.3. The van der Waals surface area contributed by atoms with E-state index in [2.05, 4.69) is 25.0 Å². The second-order valence-electron chi connectivity index (χ2n) is 7.36. The number of anilines is 1. The van der Waals surface area contributed by atoms with E-state index in [9.17, 15) is 13.2 Å². The fourth-order valence-electron chi connectivity index (χ4n) is 3.50. The molecule has 2 aromatic heterocycles. The van der Waals surface area contributed by atoms with Gasteiger partial charge in [0.2, 0.25) is 15.6 Å². The molecule has 0 atom stereocenters. The molecule has 0 saturated carbocycles. The summed E-state index contributed by atoms with van der Waals surface area (Å²) in [5.41, 5.74) is 1.12. The monoisotopic (exact) mass is 472 g/mol. The van der Waals surface area contributed by atoms with Crippen LogP contribution in [-0.2, 0) is 16.6 Å². The number of carbonyl (C=O) groups is 1. The number of ether oxygens (including phenoxy) is 2. The van der Waals surface area contributed by atoms with Gasteiger partial charge in [-0.2, -0.15) is 4.99 Å². The molecule has 0 bridgehead atoms. The molecular formula is C21H24N6O5S. The van der Waals surface area contributed by atoms with Crippen molar-refractivity contribution in [3.05, 3.63) is 47.8 Å². The van der Waals surface area contributed by atoms with Crippen LogP contribution in [0.4, 0.5) is 5.82 Å². The summed E-state index contributed by atoms with van der Waals surface area (Å²) in [7, 11) is -1.73. The highest BCUT2D eigenvalue weighted by Gasteiger charge is 2.20. The maximum atomic E-state index is 12.7. The fourth-order valence-corrected chi connectivity index (χ4v) is 4.02. The van der Waals surface area contributed by atoms with E-state index in [1.807, 2.05) is 10.6 Å². The van der Waals surface area contributed by atoms with E-state index in [-0.39, 0.29) is 18.8 Å². The molecule has 0 aliphatic carbocycles. The predicted octanol–water partition coefficient (Wildman–Crippen LogP) is 0.925. The van der Waals surface area contributed by atoms with Gasteiger partial charge in [0.1, 0.15) is 11.3 Å². The highest BCUT2D eigenvalue weighted by molar-refractivity contribution is 7.88. The van der Waals surface area contributed by atoms with Gasteiger partial charge in [-0.05, 0) is 30.7 Å². The Hall–Kier alpha value is -3.51. The van der Waals surface area contributed by atoms with Gasteiger partial charge in [-0.1, -0.05) is 0 Å². The minimum absolute atomic E-state index is 0.254. The molecule has 33 heavy (non-hydrogen) atoms. The van der Waals surface area contributed by atoms with Gasteiger partial charge >= 0.3 is 0 Å². The number of fused-ring (bicyclic) bond motifs is 3. The number of carbonyl (C=O) groups excluding carboxylic acids is 1. The lowest BCUT2D eigenvalue weighted by atomic mass is 10.2. The Kier molecular flexibility index (Phi) is 6.56. The maximum absolute atomic E-state index is 12.7. The molecule has 0 spiro atoms. The third-order valence-electron chi connectivity index (χ3n) is 4.96. The summed E-state index contributed by atoms with van der Waals surface area (Å²) in [4.78, 5) is 25.5. The predicted molar refractivity (Wildman–Crippen MR) is 122 cm³/mol. The highest BCUT2D eigenvalue weighted by atomic mass is 32.2. The van der Waals surface area contributed by atoms with Gasteiger partial charge in [0.25, 0.3) is 5.91 Å². The van der Waals surface area contributed by atoms with Crippen LogP contribution in [0, 0.1) is 0 Å². The van der Waals surface area contributed by atoms with Crippen LogP contribution in [0.3, 0.4) is 0 Å². The third kappa shape index (κ3) is 5.12. The molecule has 4 rings (SSSR count). The Morgan fingerprint density at radius 1 is 1.33 bits per heavy atom. The first-order valence-corrected chi connectivity index (χ1v) is 12.2. The van der Waals surface area contributed by atoms with Crippen LogP contribution in [0.1, 0.15) is 16.8 Å². The zero-order chi connectivity index (χ0) is 23.4. The summed E-state index contributed by atoms with van der Waals surface area (Å²) in [6.45, 7) is 1.84. The van der Waals surface area contributed by atoms with Gasteiger partial charge in [-0.3, -0.25) is 14.3 Å². The van der Waals surface area contributed by atoms with Crippen molar-refractivity contribution in [3.8, 4) is 11.5 Å². The van der Waals surface area contributed by atoms with Gasteiger partial charge in [-0.25, -0.2) is 18.1 Å². The summed E-state index contributed by atoms with van der Waals surface area (Å²) >= 11 is 0. The van der Waals surface area contributed by atoms with Crippen LogP contribution >= 0.6 is 0 Å². The highest BCUT2D eigenvalue weighted by Crippen LogP contribution is 2.37. The molecule has 1 aliphatic heterocycles. The number of sulfonamides is 1. The van der Waals surface area contributed by atoms with Crippen LogP contribution in [0.5, 0.6) is 11.5 Å². The molecule has 0 saturated heterocycles. The van der Waals surface area contributed by atoms with E-state index in [0.717, 1.165) is 17.5 Å². The SMILES string of the molecule is COc1c(OCCCNS(C)(=O)=O)ccc2c3n(c(=NC(=O)c4cccnc4)nc12)CCN3. The molecule has 0 fully saturated rings. The number of amides is 1. The summed E-state index contributed by atoms with van der Waals surface area (Å²) in [5, 5.41) is 4.13. The van der Waals surface area contributed by atoms with Gasteiger partial charge < -0.3 is 14.8 Å². The number of aromatic nitrogens is 3. The number of pyridine rings is 1. The number of hydrogen-bond acceptors (Lipinski definition) is 8. The Balaban J connectivity index is 1.69. The average molecular weight is 473 g/mol. The fraction of sp³-hybridized carbons (Fsp3) is 0.333. The second kappa shape index (κ2) is 9.55. The van der Waals surface area contributed by atoms with Crippen LogP contribution in [0.2, 0.25) is 0 Å². The van der Waals surface area contributed by atoms with E-state index >= 15 is 0 Å². The van der Waals surface area contributed by atoms with Crippen molar-refractivity contribution in [1.82, 2.24) is 19.3 Å². The van der Waals surface area contributed by atoms with Crippen molar-refractivity contribution in [2.45, 2.75) is 13.0 Å². The van der Waals surface area contributed by atoms with Crippen molar-refractivity contribution in [2.24, 2.45) is 4.99 Å². The number of benzene rings is 1. The van der Waals surface area contributed by atoms with E-state index in [0.29, 0.717) is 42.1 Å². The van der Waals surface area contributed by atoms with Crippen LogP contribution in [0.15, 0.2) is 41.7 Å². The second-order valence-corrected chi connectivity index (χ2v) is 9.19. The lowest BCUT2D eigenvalue weighted by Crippen LogP contribution is -2.25. The molecule has 3 aromatic rings. The number of rotatable bonds is 8. The van der Waals surface area contributed by atoms with Gasteiger partial charge in [-0.15, -0.1) is 0 Å². The van der Waals surface area contributed by atoms with E-state index in [4.69, 9.17) is 9.47 Å². The van der Waals surface area contributed by atoms with Crippen LogP contribution in [0.25, 0.3) is 10.9 Å². The molecule has 2 N–H and O–H groups in total. The third-order valence-corrected chi connectivity index (χ3v) is 5.69. The Morgan fingerprint density at radius 2 is 2.18 bits per heavy atom. The molecule has 3 heterocycles. The van der Waals surface area contributed by atoms with Crippen molar-refractivity contribution in [2.75, 3.05) is 38.4 Å². The van der Waals surface area contributed by atoms with Crippen molar-refractivity contribution in [1.29, 1.82) is 0 Å². The topological polar surface area (TPSA) is 137 Å². The van der Waals surface area contributed by atoms with E-state index in [1.165, 1.54) is 13.3 Å². The van der Waals surface area contributed by atoms with Crippen LogP contribution in [-0.4, -0.2) is 61.9 Å². The zero-order valence-electron chi connectivity index (χ0n) is 18.2. The van der Waals surface area contributed by atoms with Gasteiger partial charge in [0.05, 0.1) is 25.5 Å². The van der Waals surface area contributed by atoms with Crippen molar-refractivity contribution in [3.63, 3.8) is 0 Å². The Labute approximate surface area is 190 Å².